The highest BCUT2D eigenvalue weighted by Gasteiger charge is 1.99. The molecule has 1 amide bonds. The summed E-state index contributed by atoms with van der Waals surface area (Å²) in [4.78, 5) is 11.2. The second kappa shape index (κ2) is 7.01. The van der Waals surface area contributed by atoms with E-state index in [0.29, 0.717) is 19.5 Å². The molecule has 0 aliphatic rings. The van der Waals surface area contributed by atoms with Gasteiger partial charge in [0.1, 0.15) is 0 Å². The zero-order valence-electron chi connectivity index (χ0n) is 8.91. The summed E-state index contributed by atoms with van der Waals surface area (Å²) in [5, 5.41) is 2.75. The van der Waals surface area contributed by atoms with E-state index in [1.807, 2.05) is 18.2 Å². The average molecular weight is 206 g/mol. The van der Waals surface area contributed by atoms with Crippen molar-refractivity contribution in [2.45, 2.75) is 19.3 Å². The molecule has 0 saturated carbocycles. The number of carbonyl (C=O) groups is 1. The molecule has 15 heavy (non-hydrogen) atoms. The van der Waals surface area contributed by atoms with E-state index in [2.05, 4.69) is 17.4 Å². The fraction of sp³-hybridized carbons (Fsp3) is 0.417. The Morgan fingerprint density at radius 1 is 1.27 bits per heavy atom. The first-order valence-electron chi connectivity index (χ1n) is 5.33. The number of nitrogens with one attached hydrogen (secondary N) is 1. The zero-order valence-corrected chi connectivity index (χ0v) is 8.91. The lowest BCUT2D eigenvalue weighted by molar-refractivity contribution is -0.121. The van der Waals surface area contributed by atoms with Gasteiger partial charge in [-0.25, -0.2) is 0 Å². The Labute approximate surface area is 90.7 Å². The van der Waals surface area contributed by atoms with E-state index in [-0.39, 0.29) is 5.91 Å². The van der Waals surface area contributed by atoms with Crippen molar-refractivity contribution in [3.63, 3.8) is 0 Å². The summed E-state index contributed by atoms with van der Waals surface area (Å²) in [5.74, 6) is 0.0939. The van der Waals surface area contributed by atoms with Crippen molar-refractivity contribution in [3.8, 4) is 0 Å². The molecule has 0 unspecified atom stereocenters. The first kappa shape index (κ1) is 11.7. The van der Waals surface area contributed by atoms with E-state index in [9.17, 15) is 4.79 Å². The number of carbonyl (C=O) groups excluding carboxylic acids is 1. The second-order valence-corrected chi connectivity index (χ2v) is 3.48. The van der Waals surface area contributed by atoms with Gasteiger partial charge in [-0.2, -0.15) is 0 Å². The van der Waals surface area contributed by atoms with Gasteiger partial charge in [-0.05, 0) is 18.4 Å². The molecule has 0 spiro atoms. The van der Waals surface area contributed by atoms with Crippen LogP contribution in [0.1, 0.15) is 18.4 Å². The highest BCUT2D eigenvalue weighted by atomic mass is 16.1. The van der Waals surface area contributed by atoms with Gasteiger partial charge in [-0.15, -0.1) is 0 Å². The van der Waals surface area contributed by atoms with Crippen molar-refractivity contribution in [1.29, 1.82) is 0 Å². The monoisotopic (exact) mass is 206 g/mol. The van der Waals surface area contributed by atoms with Crippen molar-refractivity contribution in [2.24, 2.45) is 5.73 Å². The summed E-state index contributed by atoms with van der Waals surface area (Å²) in [7, 11) is 0. The molecule has 3 nitrogen and oxygen atoms in total. The summed E-state index contributed by atoms with van der Waals surface area (Å²) in [6.45, 7) is 1.08. The number of hydrogen-bond acceptors (Lipinski definition) is 2. The highest BCUT2D eigenvalue weighted by Crippen LogP contribution is 2.03. The van der Waals surface area contributed by atoms with E-state index in [1.54, 1.807) is 0 Å². The Morgan fingerprint density at radius 2 is 2.00 bits per heavy atom. The van der Waals surface area contributed by atoms with Crippen molar-refractivity contribution in [2.75, 3.05) is 13.1 Å². The van der Waals surface area contributed by atoms with Gasteiger partial charge in [-0.1, -0.05) is 30.3 Å². The minimum atomic E-state index is 0.0939. The molecule has 0 fully saturated rings. The molecule has 3 heteroatoms. The van der Waals surface area contributed by atoms with Gasteiger partial charge >= 0.3 is 0 Å². The molecule has 0 atom stereocenters. The first-order chi connectivity index (χ1) is 7.33. The minimum Gasteiger partial charge on any atom is -0.355 e. The van der Waals surface area contributed by atoms with Gasteiger partial charge in [0.2, 0.25) is 5.91 Å². The van der Waals surface area contributed by atoms with Crippen LogP contribution >= 0.6 is 0 Å². The van der Waals surface area contributed by atoms with Crippen LogP contribution in [0.4, 0.5) is 0 Å². The fourth-order valence-electron chi connectivity index (χ4n) is 1.40. The summed E-state index contributed by atoms with van der Waals surface area (Å²) in [6, 6.07) is 10.2. The summed E-state index contributed by atoms with van der Waals surface area (Å²) < 4.78 is 0. The molecule has 82 valence electrons. The lowest BCUT2D eigenvalue weighted by atomic mass is 10.1. The third-order valence-corrected chi connectivity index (χ3v) is 2.18. The molecule has 0 aromatic heterocycles. The first-order valence-corrected chi connectivity index (χ1v) is 5.33. The topological polar surface area (TPSA) is 55.1 Å². The predicted octanol–water partition coefficient (Wildman–Crippen LogP) is 1.08. The highest BCUT2D eigenvalue weighted by molar-refractivity contribution is 5.75. The van der Waals surface area contributed by atoms with Crippen LogP contribution in [0.3, 0.4) is 0 Å². The van der Waals surface area contributed by atoms with Crippen LogP contribution in [0.25, 0.3) is 0 Å². The Balaban J connectivity index is 2.14. The van der Waals surface area contributed by atoms with Crippen LogP contribution in [0.5, 0.6) is 0 Å². The van der Waals surface area contributed by atoms with Crippen molar-refractivity contribution >= 4 is 5.91 Å². The normalized spacial score (nSPS) is 9.93. The molecule has 1 aromatic carbocycles. The van der Waals surface area contributed by atoms with Crippen LogP contribution in [0.2, 0.25) is 0 Å². The number of hydrogen-bond donors (Lipinski definition) is 2. The zero-order chi connectivity index (χ0) is 10.9. The van der Waals surface area contributed by atoms with E-state index in [0.717, 1.165) is 12.8 Å². The molecule has 0 heterocycles. The van der Waals surface area contributed by atoms with Crippen molar-refractivity contribution in [1.82, 2.24) is 5.32 Å². The largest absolute Gasteiger partial charge is 0.355 e. The molecule has 0 saturated heterocycles. The van der Waals surface area contributed by atoms with Crippen LogP contribution in [0, 0.1) is 0 Å². The third kappa shape index (κ3) is 5.18. The molecule has 0 aliphatic heterocycles. The molecular formula is C12H18N2O. The maximum atomic E-state index is 11.2. The smallest absolute Gasteiger partial charge is 0.220 e. The average Bonchev–Trinajstić information content (AvgIpc) is 2.28. The van der Waals surface area contributed by atoms with Gasteiger partial charge in [0.25, 0.3) is 0 Å². The maximum absolute atomic E-state index is 11.2. The Bertz CT molecular complexity index is 285. The Morgan fingerprint density at radius 3 is 2.67 bits per heavy atom. The van der Waals surface area contributed by atoms with Gasteiger partial charge < -0.3 is 11.1 Å². The fourth-order valence-corrected chi connectivity index (χ4v) is 1.40. The SMILES string of the molecule is NCCNC(=O)CCCc1ccccc1. The quantitative estimate of drug-likeness (QED) is 0.732. The molecule has 0 radical (unpaired) electrons. The van der Waals surface area contributed by atoms with Crippen LogP contribution < -0.4 is 11.1 Å². The van der Waals surface area contributed by atoms with E-state index >= 15 is 0 Å². The van der Waals surface area contributed by atoms with Gasteiger partial charge in [0.05, 0.1) is 0 Å². The number of nitrogens with two attached hydrogens (primary N) is 1. The molecular weight excluding hydrogens is 188 g/mol. The maximum Gasteiger partial charge on any atom is 0.220 e. The van der Waals surface area contributed by atoms with Gasteiger partial charge in [-0.3, -0.25) is 4.79 Å². The Hall–Kier alpha value is -1.35. The third-order valence-electron chi connectivity index (χ3n) is 2.18. The Kier molecular flexibility index (Phi) is 5.48. The van der Waals surface area contributed by atoms with Crippen LogP contribution in [-0.4, -0.2) is 19.0 Å². The molecule has 3 N–H and O–H groups in total. The van der Waals surface area contributed by atoms with E-state index < -0.39 is 0 Å². The molecule has 0 bridgehead atoms. The molecule has 0 aliphatic carbocycles. The number of aryl methyl sites for hydroxylation is 1. The molecule has 1 rings (SSSR count). The van der Waals surface area contributed by atoms with Crippen LogP contribution in [-0.2, 0) is 11.2 Å². The van der Waals surface area contributed by atoms with Crippen molar-refractivity contribution in [3.05, 3.63) is 35.9 Å². The summed E-state index contributed by atoms with van der Waals surface area (Å²) in [5.41, 5.74) is 6.56. The van der Waals surface area contributed by atoms with E-state index in [4.69, 9.17) is 5.73 Å². The number of benzene rings is 1. The van der Waals surface area contributed by atoms with Gasteiger partial charge in [0.15, 0.2) is 0 Å². The van der Waals surface area contributed by atoms with Gasteiger partial charge in [0, 0.05) is 19.5 Å². The minimum absolute atomic E-state index is 0.0939. The lowest BCUT2D eigenvalue weighted by Crippen LogP contribution is -2.28. The van der Waals surface area contributed by atoms with Crippen molar-refractivity contribution < 1.29 is 4.79 Å². The second-order valence-electron chi connectivity index (χ2n) is 3.48. The summed E-state index contributed by atoms with van der Waals surface area (Å²) >= 11 is 0. The number of rotatable bonds is 6. The standard InChI is InChI=1S/C12H18N2O/c13-9-10-14-12(15)8-4-7-11-5-2-1-3-6-11/h1-3,5-6H,4,7-10,13H2,(H,14,15). The molecule has 1 aromatic rings. The van der Waals surface area contributed by atoms with E-state index in [1.165, 1.54) is 5.56 Å². The van der Waals surface area contributed by atoms with Crippen LogP contribution in [0.15, 0.2) is 30.3 Å². The summed E-state index contributed by atoms with van der Waals surface area (Å²) in [6.07, 6.45) is 2.42. The lowest BCUT2D eigenvalue weighted by Gasteiger charge is -2.03. The number of amides is 1. The predicted molar refractivity (Wildman–Crippen MR) is 61.4 cm³/mol.